The molecule has 0 spiro atoms. The minimum Gasteiger partial charge on any atom is -0.340 e. The maximum absolute atomic E-state index is 12.6. The van der Waals surface area contributed by atoms with Crippen LogP contribution in [0.25, 0.3) is 11.2 Å². The summed E-state index contributed by atoms with van der Waals surface area (Å²) in [5.41, 5.74) is 0.964. The van der Waals surface area contributed by atoms with Crippen molar-refractivity contribution in [2.24, 2.45) is 7.05 Å². The van der Waals surface area contributed by atoms with Crippen molar-refractivity contribution in [3.05, 3.63) is 16.2 Å². The summed E-state index contributed by atoms with van der Waals surface area (Å²) in [7, 11) is 1.73. The number of anilines is 1. The van der Waals surface area contributed by atoms with E-state index < -0.39 is 0 Å². The second kappa shape index (κ2) is 5.81. The van der Waals surface area contributed by atoms with Crippen LogP contribution in [0, 0.1) is 18.8 Å². The summed E-state index contributed by atoms with van der Waals surface area (Å²) in [6.07, 6.45) is 0. The Hall–Kier alpha value is -2.33. The van der Waals surface area contributed by atoms with Crippen LogP contribution in [0.4, 0.5) is 5.95 Å². The molecule has 0 amide bonds. The summed E-state index contributed by atoms with van der Waals surface area (Å²) in [5.74, 6) is 7.38. The third-order valence-corrected chi connectivity index (χ3v) is 4.00. The van der Waals surface area contributed by atoms with E-state index in [4.69, 9.17) is 0 Å². The number of nitrogens with one attached hydrogen (secondary N) is 1. The van der Waals surface area contributed by atoms with Gasteiger partial charge in [-0.25, -0.2) is 4.98 Å². The molecule has 1 aliphatic rings. The number of hydrogen-bond acceptors (Lipinski definition) is 5. The van der Waals surface area contributed by atoms with Gasteiger partial charge in [-0.2, -0.15) is 4.98 Å². The number of imidazole rings is 1. The summed E-state index contributed by atoms with van der Waals surface area (Å²) in [6, 6.07) is 0. The van der Waals surface area contributed by atoms with Crippen molar-refractivity contribution in [2.75, 3.05) is 31.1 Å². The van der Waals surface area contributed by atoms with Gasteiger partial charge >= 0.3 is 0 Å². The molecular formula is C15H20N6O. The number of nitrogens with zero attached hydrogens (tertiary/aromatic N) is 5. The van der Waals surface area contributed by atoms with Gasteiger partial charge in [-0.3, -0.25) is 13.9 Å². The topological polar surface area (TPSA) is 68.0 Å². The maximum Gasteiger partial charge on any atom is 0.279 e. The van der Waals surface area contributed by atoms with Crippen molar-refractivity contribution in [2.45, 2.75) is 20.4 Å². The van der Waals surface area contributed by atoms with Gasteiger partial charge in [0.15, 0.2) is 11.2 Å². The van der Waals surface area contributed by atoms with Crippen molar-refractivity contribution in [3.8, 4) is 11.8 Å². The normalized spacial score (nSPS) is 15.0. The zero-order valence-corrected chi connectivity index (χ0v) is 13.2. The summed E-state index contributed by atoms with van der Waals surface area (Å²) in [5, 5.41) is 3.32. The van der Waals surface area contributed by atoms with Gasteiger partial charge in [0.05, 0.1) is 6.54 Å². The van der Waals surface area contributed by atoms with Crippen LogP contribution in [0.2, 0.25) is 0 Å². The van der Waals surface area contributed by atoms with E-state index >= 15 is 0 Å². The molecule has 116 valence electrons. The van der Waals surface area contributed by atoms with E-state index in [1.165, 1.54) is 0 Å². The van der Waals surface area contributed by atoms with E-state index in [1.54, 1.807) is 18.5 Å². The third kappa shape index (κ3) is 2.35. The zero-order valence-electron chi connectivity index (χ0n) is 13.2. The second-order valence-corrected chi connectivity index (χ2v) is 5.36. The summed E-state index contributed by atoms with van der Waals surface area (Å²) in [4.78, 5) is 23.9. The van der Waals surface area contributed by atoms with Gasteiger partial charge in [-0.05, 0) is 13.8 Å². The largest absolute Gasteiger partial charge is 0.340 e. The molecule has 22 heavy (non-hydrogen) atoms. The highest BCUT2D eigenvalue weighted by Crippen LogP contribution is 2.19. The molecule has 0 aliphatic carbocycles. The van der Waals surface area contributed by atoms with Gasteiger partial charge in [-0.15, -0.1) is 5.92 Å². The average molecular weight is 300 g/mol. The fourth-order valence-electron chi connectivity index (χ4n) is 2.67. The predicted octanol–water partition coefficient (Wildman–Crippen LogP) is -0.129. The molecular weight excluding hydrogens is 280 g/mol. The van der Waals surface area contributed by atoms with Crippen molar-refractivity contribution < 1.29 is 0 Å². The van der Waals surface area contributed by atoms with E-state index in [2.05, 4.69) is 32.0 Å². The lowest BCUT2D eigenvalue weighted by molar-refractivity contribution is 0.573. The van der Waals surface area contributed by atoms with Gasteiger partial charge in [-0.1, -0.05) is 5.92 Å². The van der Waals surface area contributed by atoms with Crippen LogP contribution in [0.5, 0.6) is 0 Å². The molecule has 3 heterocycles. The fourth-order valence-corrected chi connectivity index (χ4v) is 2.67. The first-order chi connectivity index (χ1) is 10.6. The van der Waals surface area contributed by atoms with Crippen LogP contribution in [-0.4, -0.2) is 45.3 Å². The van der Waals surface area contributed by atoms with E-state index in [0.29, 0.717) is 23.5 Å². The number of piperazine rings is 1. The molecule has 0 unspecified atom stereocenters. The first-order valence-electron chi connectivity index (χ1n) is 7.42. The molecule has 0 atom stereocenters. The number of fused-ring (bicyclic) bond motifs is 1. The van der Waals surface area contributed by atoms with E-state index in [9.17, 15) is 4.79 Å². The second-order valence-electron chi connectivity index (χ2n) is 5.36. The highest BCUT2D eigenvalue weighted by Gasteiger charge is 2.22. The molecule has 1 aliphatic heterocycles. The Labute approximate surface area is 129 Å². The Bertz CT molecular complexity index is 816. The SMILES string of the molecule is CC#CCn1c(N2CCNCC2)nc2nc(C)n(C)c(=O)c21. The lowest BCUT2D eigenvalue weighted by Gasteiger charge is -2.28. The smallest absolute Gasteiger partial charge is 0.279 e. The predicted molar refractivity (Wildman–Crippen MR) is 86.0 cm³/mol. The summed E-state index contributed by atoms with van der Waals surface area (Å²) >= 11 is 0. The van der Waals surface area contributed by atoms with E-state index in [1.807, 2.05) is 11.5 Å². The molecule has 1 N–H and O–H groups in total. The minimum absolute atomic E-state index is 0.0747. The molecule has 3 rings (SSSR count). The molecule has 0 aromatic carbocycles. The summed E-state index contributed by atoms with van der Waals surface area (Å²) in [6.45, 7) is 7.61. The number of aryl methyl sites for hydroxylation is 1. The summed E-state index contributed by atoms with van der Waals surface area (Å²) < 4.78 is 3.45. The first-order valence-corrected chi connectivity index (χ1v) is 7.42. The molecule has 2 aromatic rings. The zero-order chi connectivity index (χ0) is 15.7. The van der Waals surface area contributed by atoms with Crippen LogP contribution in [0.15, 0.2) is 4.79 Å². The fraction of sp³-hybridized carbons (Fsp3) is 0.533. The van der Waals surface area contributed by atoms with Crippen LogP contribution in [0.3, 0.4) is 0 Å². The molecule has 2 aromatic heterocycles. The van der Waals surface area contributed by atoms with Gasteiger partial charge < -0.3 is 10.2 Å². The maximum atomic E-state index is 12.6. The molecule has 0 bridgehead atoms. The van der Waals surface area contributed by atoms with Crippen LogP contribution in [0.1, 0.15) is 12.7 Å². The lowest BCUT2D eigenvalue weighted by Crippen LogP contribution is -2.44. The Kier molecular flexibility index (Phi) is 3.86. The third-order valence-electron chi connectivity index (χ3n) is 4.00. The van der Waals surface area contributed by atoms with E-state index in [-0.39, 0.29) is 5.56 Å². The van der Waals surface area contributed by atoms with Crippen molar-refractivity contribution in [1.29, 1.82) is 0 Å². The Morgan fingerprint density at radius 2 is 2.00 bits per heavy atom. The molecule has 0 saturated carbocycles. The van der Waals surface area contributed by atoms with Crippen LogP contribution in [-0.2, 0) is 13.6 Å². The van der Waals surface area contributed by atoms with Crippen molar-refractivity contribution >= 4 is 17.1 Å². The van der Waals surface area contributed by atoms with Gasteiger partial charge in [0.2, 0.25) is 5.95 Å². The Morgan fingerprint density at radius 1 is 1.27 bits per heavy atom. The monoisotopic (exact) mass is 300 g/mol. The highest BCUT2D eigenvalue weighted by atomic mass is 16.1. The quantitative estimate of drug-likeness (QED) is 0.783. The number of rotatable bonds is 2. The van der Waals surface area contributed by atoms with Crippen LogP contribution < -0.4 is 15.8 Å². The minimum atomic E-state index is -0.0747. The van der Waals surface area contributed by atoms with Crippen molar-refractivity contribution in [1.82, 2.24) is 24.4 Å². The Balaban J connectivity index is 2.23. The molecule has 7 heteroatoms. The molecule has 7 nitrogen and oxygen atoms in total. The standard InChI is InChI=1S/C15H20N6O/c1-4-5-8-21-12-13(17-11(2)19(3)14(12)22)18-15(21)20-9-6-16-7-10-20/h16H,6-10H2,1-3H3. The lowest BCUT2D eigenvalue weighted by atomic mass is 10.4. The molecule has 1 saturated heterocycles. The van der Waals surface area contributed by atoms with Gasteiger partial charge in [0, 0.05) is 33.2 Å². The Morgan fingerprint density at radius 3 is 2.68 bits per heavy atom. The van der Waals surface area contributed by atoms with Crippen molar-refractivity contribution in [3.63, 3.8) is 0 Å². The van der Waals surface area contributed by atoms with Gasteiger partial charge in [0.1, 0.15) is 5.82 Å². The first kappa shape index (κ1) is 14.6. The van der Waals surface area contributed by atoms with E-state index in [0.717, 1.165) is 32.1 Å². The number of aromatic nitrogens is 4. The van der Waals surface area contributed by atoms with Crippen LogP contribution >= 0.6 is 0 Å². The average Bonchev–Trinajstić information content (AvgIpc) is 2.90. The molecule has 1 fully saturated rings. The number of hydrogen-bond donors (Lipinski definition) is 1. The molecule has 0 radical (unpaired) electrons. The van der Waals surface area contributed by atoms with Gasteiger partial charge in [0.25, 0.3) is 5.56 Å². The highest BCUT2D eigenvalue weighted by molar-refractivity contribution is 5.74.